The first-order valence-electron chi connectivity index (χ1n) is 5.66. The molecular weight excluding hydrogens is 186 g/mol. The molecule has 0 amide bonds. The first-order chi connectivity index (χ1) is 7.25. The molecule has 0 radical (unpaired) electrons. The molecule has 1 aliphatic rings. The fourth-order valence-electron chi connectivity index (χ4n) is 2.06. The van der Waals surface area contributed by atoms with Gasteiger partial charge in [-0.1, -0.05) is 0 Å². The van der Waals surface area contributed by atoms with Crippen LogP contribution in [0.25, 0.3) is 0 Å². The summed E-state index contributed by atoms with van der Waals surface area (Å²) in [5.74, 6) is 0. The Morgan fingerprint density at radius 2 is 2.47 bits per heavy atom. The molecule has 1 aliphatic heterocycles. The zero-order valence-corrected chi connectivity index (χ0v) is 9.48. The summed E-state index contributed by atoms with van der Waals surface area (Å²) in [4.78, 5) is 6.61. The van der Waals surface area contributed by atoms with Crippen molar-refractivity contribution in [3.8, 4) is 0 Å². The molecule has 1 atom stereocenters. The van der Waals surface area contributed by atoms with Crippen LogP contribution in [0.15, 0.2) is 24.5 Å². The fraction of sp³-hybridized carbons (Fsp3) is 0.583. The van der Waals surface area contributed by atoms with E-state index in [1.165, 1.54) is 13.0 Å². The van der Waals surface area contributed by atoms with E-state index in [9.17, 15) is 0 Å². The van der Waals surface area contributed by atoms with E-state index in [4.69, 9.17) is 0 Å². The summed E-state index contributed by atoms with van der Waals surface area (Å²) in [5, 5.41) is 3.52. The zero-order valence-electron chi connectivity index (χ0n) is 9.48. The van der Waals surface area contributed by atoms with Gasteiger partial charge in [0.2, 0.25) is 0 Å². The van der Waals surface area contributed by atoms with Gasteiger partial charge in [-0.3, -0.25) is 9.88 Å². The maximum absolute atomic E-state index is 4.10. The van der Waals surface area contributed by atoms with Gasteiger partial charge in [0.25, 0.3) is 0 Å². The Morgan fingerprint density at radius 3 is 3.07 bits per heavy atom. The predicted octanol–water partition coefficient (Wildman–Crippen LogP) is 2.22. The highest BCUT2D eigenvalue weighted by molar-refractivity contribution is 5.41. The van der Waals surface area contributed by atoms with Gasteiger partial charge in [0.15, 0.2) is 0 Å². The number of rotatable bonds is 3. The number of pyridine rings is 1. The minimum absolute atomic E-state index is 0. The van der Waals surface area contributed by atoms with E-state index in [0.29, 0.717) is 12.1 Å². The standard InChI is InChI=1S/C12H19N3.H2/c1-10(2)15-7-5-12(9-15)14-11-4-3-6-13-8-11;/h3-4,6,8,10,12,14H,5,7,9H2,1-2H3;1H. The van der Waals surface area contributed by atoms with Crippen LogP contribution < -0.4 is 5.32 Å². The molecule has 0 spiro atoms. The largest absolute Gasteiger partial charge is 0.380 e. The van der Waals surface area contributed by atoms with Gasteiger partial charge in [-0.25, -0.2) is 0 Å². The molecule has 0 aliphatic carbocycles. The van der Waals surface area contributed by atoms with Gasteiger partial charge in [-0.15, -0.1) is 0 Å². The van der Waals surface area contributed by atoms with Crippen molar-refractivity contribution in [2.24, 2.45) is 0 Å². The molecule has 1 aromatic rings. The molecule has 84 valence electrons. The highest BCUT2D eigenvalue weighted by Crippen LogP contribution is 2.16. The summed E-state index contributed by atoms with van der Waals surface area (Å²) >= 11 is 0. The number of nitrogens with zero attached hydrogens (tertiary/aromatic N) is 2. The molecule has 2 rings (SSSR count). The highest BCUT2D eigenvalue weighted by Gasteiger charge is 2.23. The van der Waals surface area contributed by atoms with Gasteiger partial charge in [0.1, 0.15) is 0 Å². The second kappa shape index (κ2) is 4.62. The molecule has 1 fully saturated rings. The minimum atomic E-state index is 0. The first-order valence-corrected chi connectivity index (χ1v) is 5.66. The van der Waals surface area contributed by atoms with Crippen LogP contribution in [0.2, 0.25) is 0 Å². The number of anilines is 1. The van der Waals surface area contributed by atoms with Crippen LogP contribution in [0.3, 0.4) is 0 Å². The molecule has 1 unspecified atom stereocenters. The lowest BCUT2D eigenvalue weighted by atomic mass is 10.2. The van der Waals surface area contributed by atoms with E-state index in [2.05, 4.69) is 35.1 Å². The topological polar surface area (TPSA) is 28.2 Å². The zero-order chi connectivity index (χ0) is 10.7. The SMILES string of the molecule is CC(C)N1CCC(Nc2cccnc2)C1.[HH]. The van der Waals surface area contributed by atoms with Crippen molar-refractivity contribution >= 4 is 5.69 Å². The van der Waals surface area contributed by atoms with Crippen LogP contribution in [0.5, 0.6) is 0 Å². The van der Waals surface area contributed by atoms with Gasteiger partial charge in [-0.2, -0.15) is 0 Å². The van der Waals surface area contributed by atoms with Crippen molar-refractivity contribution in [1.82, 2.24) is 9.88 Å². The van der Waals surface area contributed by atoms with Crippen LogP contribution in [-0.4, -0.2) is 35.1 Å². The van der Waals surface area contributed by atoms with Crippen LogP contribution in [-0.2, 0) is 0 Å². The monoisotopic (exact) mass is 207 g/mol. The lowest BCUT2D eigenvalue weighted by Crippen LogP contribution is -2.31. The lowest BCUT2D eigenvalue weighted by molar-refractivity contribution is 0.274. The van der Waals surface area contributed by atoms with Gasteiger partial charge in [-0.05, 0) is 32.4 Å². The number of hydrogen-bond acceptors (Lipinski definition) is 3. The molecule has 1 aromatic heterocycles. The minimum Gasteiger partial charge on any atom is -0.380 e. The average molecular weight is 207 g/mol. The van der Waals surface area contributed by atoms with E-state index in [0.717, 1.165) is 12.2 Å². The molecule has 0 saturated carbocycles. The van der Waals surface area contributed by atoms with Crippen molar-refractivity contribution in [3.63, 3.8) is 0 Å². The van der Waals surface area contributed by atoms with Gasteiger partial charge in [0.05, 0.1) is 5.69 Å². The normalized spacial score (nSPS) is 22.2. The van der Waals surface area contributed by atoms with E-state index in [1.807, 2.05) is 12.3 Å². The van der Waals surface area contributed by atoms with Crippen LogP contribution in [0, 0.1) is 0 Å². The van der Waals surface area contributed by atoms with Crippen molar-refractivity contribution in [2.75, 3.05) is 18.4 Å². The van der Waals surface area contributed by atoms with E-state index in [-0.39, 0.29) is 1.43 Å². The quantitative estimate of drug-likeness (QED) is 0.823. The molecule has 3 nitrogen and oxygen atoms in total. The van der Waals surface area contributed by atoms with Gasteiger partial charge >= 0.3 is 0 Å². The molecule has 0 aromatic carbocycles. The Kier molecular flexibility index (Phi) is 3.21. The summed E-state index contributed by atoms with van der Waals surface area (Å²) in [7, 11) is 0. The van der Waals surface area contributed by atoms with Crippen molar-refractivity contribution in [3.05, 3.63) is 24.5 Å². The molecule has 1 N–H and O–H groups in total. The maximum atomic E-state index is 4.10. The number of aromatic nitrogens is 1. The Balaban J connectivity index is 0.00000128. The van der Waals surface area contributed by atoms with Gasteiger partial charge < -0.3 is 5.32 Å². The number of nitrogens with one attached hydrogen (secondary N) is 1. The second-order valence-electron chi connectivity index (χ2n) is 4.46. The van der Waals surface area contributed by atoms with E-state index < -0.39 is 0 Å². The highest BCUT2D eigenvalue weighted by atomic mass is 15.2. The van der Waals surface area contributed by atoms with E-state index in [1.54, 1.807) is 6.20 Å². The third-order valence-electron chi connectivity index (χ3n) is 2.98. The molecule has 15 heavy (non-hydrogen) atoms. The van der Waals surface area contributed by atoms with Crippen molar-refractivity contribution in [1.29, 1.82) is 0 Å². The van der Waals surface area contributed by atoms with Crippen LogP contribution in [0.4, 0.5) is 5.69 Å². The summed E-state index contributed by atoms with van der Waals surface area (Å²) < 4.78 is 0. The maximum Gasteiger partial charge on any atom is 0.0529 e. The van der Waals surface area contributed by atoms with Gasteiger partial charge in [0, 0.05) is 39.0 Å². The molecule has 3 heteroatoms. The Labute approximate surface area is 93.0 Å². The lowest BCUT2D eigenvalue weighted by Gasteiger charge is -2.20. The summed E-state index contributed by atoms with van der Waals surface area (Å²) in [6.07, 6.45) is 4.92. The average Bonchev–Trinajstić information content (AvgIpc) is 2.68. The summed E-state index contributed by atoms with van der Waals surface area (Å²) in [6.45, 7) is 6.86. The Bertz CT molecular complexity index is 302. The second-order valence-corrected chi connectivity index (χ2v) is 4.46. The molecule has 2 heterocycles. The molecule has 0 bridgehead atoms. The van der Waals surface area contributed by atoms with E-state index >= 15 is 0 Å². The number of hydrogen-bond donors (Lipinski definition) is 1. The predicted molar refractivity (Wildman–Crippen MR) is 65.1 cm³/mol. The summed E-state index contributed by atoms with van der Waals surface area (Å²) in [5.41, 5.74) is 1.13. The van der Waals surface area contributed by atoms with Crippen LogP contribution in [0.1, 0.15) is 21.7 Å². The third-order valence-corrected chi connectivity index (χ3v) is 2.98. The molecular formula is C12H21N3. The Hall–Kier alpha value is -1.09. The number of likely N-dealkylation sites (tertiary alicyclic amines) is 1. The van der Waals surface area contributed by atoms with Crippen LogP contribution >= 0.6 is 0 Å². The first kappa shape index (κ1) is 10.4. The third kappa shape index (κ3) is 2.69. The van der Waals surface area contributed by atoms with Crippen molar-refractivity contribution < 1.29 is 1.43 Å². The summed E-state index contributed by atoms with van der Waals surface area (Å²) in [6, 6.07) is 5.28. The smallest absolute Gasteiger partial charge is 0.0529 e. The van der Waals surface area contributed by atoms with Crippen molar-refractivity contribution in [2.45, 2.75) is 32.4 Å². The molecule has 1 saturated heterocycles. The fourth-order valence-corrected chi connectivity index (χ4v) is 2.06. The Morgan fingerprint density at radius 1 is 1.60 bits per heavy atom.